The highest BCUT2D eigenvalue weighted by Crippen LogP contribution is 2.17. The van der Waals surface area contributed by atoms with E-state index in [9.17, 15) is 4.79 Å². The molecule has 0 saturated carbocycles. The minimum Gasteiger partial charge on any atom is -0.356 e. The van der Waals surface area contributed by atoms with Gasteiger partial charge >= 0.3 is 0 Å². The molecular formula is C17H16N4O2S. The Kier molecular flexibility index (Phi) is 4.72. The lowest BCUT2D eigenvalue weighted by atomic mass is 10.2. The van der Waals surface area contributed by atoms with Crippen LogP contribution in [0.15, 0.2) is 53.1 Å². The van der Waals surface area contributed by atoms with Gasteiger partial charge in [-0.25, -0.2) is 0 Å². The van der Waals surface area contributed by atoms with Crippen LogP contribution in [-0.4, -0.2) is 16.2 Å². The number of hydrazine groups is 1. The molecule has 0 unspecified atom stereocenters. The first-order valence-electron chi connectivity index (χ1n) is 7.37. The average Bonchev–Trinajstić information content (AvgIpc) is 2.98. The van der Waals surface area contributed by atoms with Crippen LogP contribution in [0.25, 0.3) is 11.0 Å². The Labute approximate surface area is 144 Å². The van der Waals surface area contributed by atoms with E-state index in [1.807, 2.05) is 55.5 Å². The normalized spacial score (nSPS) is 10.4. The average molecular weight is 340 g/mol. The van der Waals surface area contributed by atoms with E-state index >= 15 is 0 Å². The van der Waals surface area contributed by atoms with Crippen LogP contribution in [0, 0.1) is 6.92 Å². The SMILES string of the molecule is Cc1ccc(NC(=S)NNC(=O)Cc2noc3ccccc23)cc1. The van der Waals surface area contributed by atoms with Crippen LogP contribution in [-0.2, 0) is 11.2 Å². The van der Waals surface area contributed by atoms with Gasteiger partial charge in [0.1, 0.15) is 5.69 Å². The van der Waals surface area contributed by atoms with Crippen LogP contribution < -0.4 is 16.2 Å². The molecule has 3 rings (SSSR count). The van der Waals surface area contributed by atoms with E-state index in [-0.39, 0.29) is 12.3 Å². The van der Waals surface area contributed by atoms with E-state index in [0.29, 0.717) is 16.4 Å². The van der Waals surface area contributed by atoms with Gasteiger partial charge in [-0.1, -0.05) is 35.0 Å². The van der Waals surface area contributed by atoms with Crippen molar-refractivity contribution in [2.24, 2.45) is 0 Å². The lowest BCUT2D eigenvalue weighted by Crippen LogP contribution is -2.44. The predicted octanol–water partition coefficient (Wildman–Crippen LogP) is 2.70. The molecule has 1 heterocycles. The molecule has 122 valence electrons. The molecule has 0 aliphatic carbocycles. The van der Waals surface area contributed by atoms with E-state index in [2.05, 4.69) is 21.3 Å². The molecule has 0 fully saturated rings. The Morgan fingerprint density at radius 3 is 2.67 bits per heavy atom. The van der Waals surface area contributed by atoms with E-state index in [4.69, 9.17) is 16.7 Å². The number of benzene rings is 2. The van der Waals surface area contributed by atoms with Gasteiger partial charge in [-0.15, -0.1) is 0 Å². The number of carbonyl (C=O) groups is 1. The lowest BCUT2D eigenvalue weighted by molar-refractivity contribution is -0.121. The summed E-state index contributed by atoms with van der Waals surface area (Å²) in [7, 11) is 0. The molecule has 7 heteroatoms. The monoisotopic (exact) mass is 340 g/mol. The highest BCUT2D eigenvalue weighted by atomic mass is 32.1. The molecule has 2 aromatic carbocycles. The molecule has 0 aliphatic heterocycles. The Morgan fingerprint density at radius 1 is 1.12 bits per heavy atom. The number of nitrogens with zero attached hydrogens (tertiary/aromatic N) is 1. The van der Waals surface area contributed by atoms with Crippen LogP contribution in [0.5, 0.6) is 0 Å². The summed E-state index contributed by atoms with van der Waals surface area (Å²) in [5.41, 5.74) is 8.46. The van der Waals surface area contributed by atoms with E-state index in [1.54, 1.807) is 0 Å². The van der Waals surface area contributed by atoms with Crippen LogP contribution >= 0.6 is 12.2 Å². The summed E-state index contributed by atoms with van der Waals surface area (Å²) in [6.45, 7) is 2.01. The summed E-state index contributed by atoms with van der Waals surface area (Å²) in [6, 6.07) is 15.2. The summed E-state index contributed by atoms with van der Waals surface area (Å²) in [5, 5.41) is 8.04. The Balaban J connectivity index is 1.52. The number of para-hydroxylation sites is 1. The second-order valence-corrected chi connectivity index (χ2v) is 5.70. The van der Waals surface area contributed by atoms with Crippen molar-refractivity contribution in [1.29, 1.82) is 0 Å². The van der Waals surface area contributed by atoms with Gasteiger partial charge in [0.2, 0.25) is 5.91 Å². The zero-order chi connectivity index (χ0) is 16.9. The van der Waals surface area contributed by atoms with E-state index in [1.165, 1.54) is 0 Å². The van der Waals surface area contributed by atoms with Crippen molar-refractivity contribution in [3.8, 4) is 0 Å². The van der Waals surface area contributed by atoms with E-state index in [0.717, 1.165) is 16.6 Å². The maximum atomic E-state index is 12.0. The number of thiocarbonyl (C=S) groups is 1. The third-order valence-electron chi connectivity index (χ3n) is 3.41. The molecule has 3 aromatic rings. The molecule has 3 N–H and O–H groups in total. The van der Waals surface area contributed by atoms with Crippen molar-refractivity contribution in [2.75, 3.05) is 5.32 Å². The fourth-order valence-corrected chi connectivity index (χ4v) is 2.36. The van der Waals surface area contributed by atoms with Gasteiger partial charge in [0.25, 0.3) is 0 Å². The van der Waals surface area contributed by atoms with Crippen molar-refractivity contribution in [1.82, 2.24) is 16.0 Å². The molecular weight excluding hydrogens is 324 g/mol. The molecule has 24 heavy (non-hydrogen) atoms. The van der Waals surface area contributed by atoms with Crippen molar-refractivity contribution < 1.29 is 9.32 Å². The number of anilines is 1. The lowest BCUT2D eigenvalue weighted by Gasteiger charge is -2.11. The number of fused-ring (bicyclic) bond motifs is 1. The van der Waals surface area contributed by atoms with Gasteiger partial charge in [-0.3, -0.25) is 15.6 Å². The largest absolute Gasteiger partial charge is 0.356 e. The standard InChI is InChI=1S/C17H16N4O2S/c1-11-6-8-12(9-7-11)18-17(24)20-19-16(22)10-14-13-4-2-3-5-15(13)23-21-14/h2-9H,10H2,1H3,(H,19,22)(H2,18,20,24). The summed E-state index contributed by atoms with van der Waals surface area (Å²) in [6.07, 6.45) is 0.0944. The minimum atomic E-state index is -0.262. The number of rotatable bonds is 3. The number of hydrogen-bond acceptors (Lipinski definition) is 4. The van der Waals surface area contributed by atoms with Crippen molar-refractivity contribution in [3.05, 3.63) is 59.8 Å². The molecule has 1 amide bonds. The first kappa shape index (κ1) is 15.9. The molecule has 0 aliphatic rings. The minimum absolute atomic E-state index is 0.0944. The number of aromatic nitrogens is 1. The van der Waals surface area contributed by atoms with Gasteiger partial charge in [0.15, 0.2) is 10.7 Å². The smallest absolute Gasteiger partial charge is 0.244 e. The van der Waals surface area contributed by atoms with Crippen LogP contribution in [0.3, 0.4) is 0 Å². The van der Waals surface area contributed by atoms with Crippen LogP contribution in [0.1, 0.15) is 11.3 Å². The van der Waals surface area contributed by atoms with Gasteiger partial charge < -0.3 is 9.84 Å². The Hall–Kier alpha value is -2.93. The highest BCUT2D eigenvalue weighted by molar-refractivity contribution is 7.80. The maximum absolute atomic E-state index is 12.0. The number of amides is 1. The Morgan fingerprint density at radius 2 is 1.88 bits per heavy atom. The summed E-state index contributed by atoms with van der Waals surface area (Å²) in [4.78, 5) is 12.0. The van der Waals surface area contributed by atoms with Gasteiger partial charge in [-0.05, 0) is 43.4 Å². The summed E-state index contributed by atoms with van der Waals surface area (Å²) in [5.74, 6) is -0.262. The van der Waals surface area contributed by atoms with E-state index < -0.39 is 0 Å². The fourth-order valence-electron chi connectivity index (χ4n) is 2.19. The molecule has 6 nitrogen and oxygen atoms in total. The van der Waals surface area contributed by atoms with Gasteiger partial charge in [0.05, 0.1) is 6.42 Å². The maximum Gasteiger partial charge on any atom is 0.244 e. The molecule has 0 spiro atoms. The van der Waals surface area contributed by atoms with Crippen LogP contribution in [0.2, 0.25) is 0 Å². The summed E-state index contributed by atoms with van der Waals surface area (Å²) >= 11 is 5.14. The van der Waals surface area contributed by atoms with Crippen molar-refractivity contribution in [2.45, 2.75) is 13.3 Å². The van der Waals surface area contributed by atoms with Crippen molar-refractivity contribution in [3.63, 3.8) is 0 Å². The zero-order valence-electron chi connectivity index (χ0n) is 13.0. The van der Waals surface area contributed by atoms with Gasteiger partial charge in [0, 0.05) is 11.1 Å². The number of carbonyl (C=O) groups excluding carboxylic acids is 1. The molecule has 1 aromatic heterocycles. The highest BCUT2D eigenvalue weighted by Gasteiger charge is 2.12. The third kappa shape index (κ3) is 3.88. The quantitative estimate of drug-likeness (QED) is 0.503. The van der Waals surface area contributed by atoms with Crippen molar-refractivity contribution >= 4 is 39.9 Å². The van der Waals surface area contributed by atoms with Crippen LogP contribution in [0.4, 0.5) is 5.69 Å². The number of aryl methyl sites for hydroxylation is 1. The second-order valence-electron chi connectivity index (χ2n) is 5.30. The molecule has 0 saturated heterocycles. The molecule has 0 radical (unpaired) electrons. The topological polar surface area (TPSA) is 79.2 Å². The molecule has 0 atom stereocenters. The summed E-state index contributed by atoms with van der Waals surface area (Å²) < 4.78 is 5.18. The van der Waals surface area contributed by atoms with Gasteiger partial charge in [-0.2, -0.15) is 0 Å². The Bertz CT molecular complexity index is 874. The second kappa shape index (κ2) is 7.10. The predicted molar refractivity (Wildman–Crippen MR) is 96.4 cm³/mol. The fraction of sp³-hybridized carbons (Fsp3) is 0.118. The number of hydrogen-bond donors (Lipinski definition) is 3. The number of nitrogens with one attached hydrogen (secondary N) is 3. The first-order chi connectivity index (χ1) is 11.6. The zero-order valence-corrected chi connectivity index (χ0v) is 13.8. The first-order valence-corrected chi connectivity index (χ1v) is 7.78. The molecule has 0 bridgehead atoms. The third-order valence-corrected chi connectivity index (χ3v) is 3.61.